The zero-order valence-corrected chi connectivity index (χ0v) is 21.3. The molecule has 0 saturated carbocycles. The predicted octanol–water partition coefficient (Wildman–Crippen LogP) is 3.86. The van der Waals surface area contributed by atoms with E-state index in [1.54, 1.807) is 26.4 Å². The fraction of sp³-hybridized carbons (Fsp3) is 0.458. The molecule has 2 aromatic carbocycles. The van der Waals surface area contributed by atoms with E-state index in [4.69, 9.17) is 19.2 Å². The minimum Gasteiger partial charge on any atom is -0.497 e. The highest BCUT2D eigenvalue weighted by Crippen LogP contribution is 2.29. The minimum atomic E-state index is -0.794. The van der Waals surface area contributed by atoms with Crippen molar-refractivity contribution in [2.24, 2.45) is 4.99 Å². The number of guanidine groups is 1. The van der Waals surface area contributed by atoms with Crippen LogP contribution in [0.5, 0.6) is 17.2 Å². The number of aliphatic hydroxyl groups excluding tert-OH is 1. The number of benzene rings is 2. The number of ether oxygens (including phenoxy) is 3. The highest BCUT2D eigenvalue weighted by Gasteiger charge is 2.23. The monoisotopic (exact) mass is 555 g/mol. The van der Waals surface area contributed by atoms with E-state index in [9.17, 15) is 5.11 Å². The van der Waals surface area contributed by atoms with Crippen LogP contribution in [0.25, 0.3) is 0 Å². The fourth-order valence-electron chi connectivity index (χ4n) is 3.67. The zero-order valence-electron chi connectivity index (χ0n) is 19.0. The largest absolute Gasteiger partial charge is 0.497 e. The molecule has 176 valence electrons. The van der Waals surface area contributed by atoms with Gasteiger partial charge < -0.3 is 29.5 Å². The Morgan fingerprint density at radius 1 is 1.09 bits per heavy atom. The van der Waals surface area contributed by atoms with Crippen LogP contribution in [0.2, 0.25) is 0 Å². The Balaban J connectivity index is 0.00000363. The van der Waals surface area contributed by atoms with Crippen LogP contribution in [-0.2, 0) is 0 Å². The van der Waals surface area contributed by atoms with Gasteiger partial charge >= 0.3 is 0 Å². The van der Waals surface area contributed by atoms with Crippen molar-refractivity contribution in [1.29, 1.82) is 0 Å². The minimum absolute atomic E-state index is 0. The summed E-state index contributed by atoms with van der Waals surface area (Å²) in [5.74, 6) is 3.01. The fourth-order valence-corrected chi connectivity index (χ4v) is 3.67. The molecule has 1 aliphatic heterocycles. The van der Waals surface area contributed by atoms with Crippen molar-refractivity contribution >= 4 is 29.9 Å². The van der Waals surface area contributed by atoms with Crippen molar-refractivity contribution in [3.8, 4) is 17.2 Å². The second-order valence-corrected chi connectivity index (χ2v) is 7.44. The van der Waals surface area contributed by atoms with E-state index in [0.29, 0.717) is 17.1 Å². The Morgan fingerprint density at radius 3 is 2.44 bits per heavy atom. The first-order valence-electron chi connectivity index (χ1n) is 10.8. The number of nitrogens with one attached hydrogen (secondary N) is 1. The first-order chi connectivity index (χ1) is 15.1. The molecule has 1 heterocycles. The van der Waals surface area contributed by atoms with Gasteiger partial charge in [-0.2, -0.15) is 0 Å². The van der Waals surface area contributed by atoms with Gasteiger partial charge in [0.2, 0.25) is 0 Å². The molecule has 7 nitrogen and oxygen atoms in total. The molecule has 1 fully saturated rings. The van der Waals surface area contributed by atoms with Crippen LogP contribution >= 0.6 is 24.0 Å². The molecule has 1 unspecified atom stereocenters. The summed E-state index contributed by atoms with van der Waals surface area (Å²) in [6.45, 7) is 4.73. The molecule has 3 rings (SSSR count). The summed E-state index contributed by atoms with van der Waals surface area (Å²) in [4.78, 5) is 6.92. The first kappa shape index (κ1) is 26.1. The lowest BCUT2D eigenvalue weighted by Crippen LogP contribution is -2.47. The molecule has 0 radical (unpaired) electrons. The van der Waals surface area contributed by atoms with Gasteiger partial charge in [-0.25, -0.2) is 0 Å². The second kappa shape index (κ2) is 13.4. The molecule has 32 heavy (non-hydrogen) atoms. The summed E-state index contributed by atoms with van der Waals surface area (Å²) >= 11 is 0. The highest BCUT2D eigenvalue weighted by atomic mass is 127. The number of hydrogen-bond acceptors (Lipinski definition) is 5. The van der Waals surface area contributed by atoms with Gasteiger partial charge in [-0.3, -0.25) is 4.99 Å². The molecule has 1 atom stereocenters. The Morgan fingerprint density at radius 2 is 1.81 bits per heavy atom. The lowest BCUT2D eigenvalue weighted by atomic mass is 10.1. The van der Waals surface area contributed by atoms with Gasteiger partial charge in [-0.1, -0.05) is 18.2 Å². The van der Waals surface area contributed by atoms with Gasteiger partial charge in [0.15, 0.2) is 5.96 Å². The topological polar surface area (TPSA) is 75.6 Å². The van der Waals surface area contributed by atoms with Crippen LogP contribution in [0.3, 0.4) is 0 Å². The summed E-state index contributed by atoms with van der Waals surface area (Å²) in [6, 6.07) is 15.3. The molecular weight excluding hydrogens is 521 g/mol. The predicted molar refractivity (Wildman–Crippen MR) is 138 cm³/mol. The number of methoxy groups -OCH3 is 2. The van der Waals surface area contributed by atoms with Crippen molar-refractivity contribution in [3.05, 3.63) is 54.1 Å². The van der Waals surface area contributed by atoms with Gasteiger partial charge in [-0.15, -0.1) is 24.0 Å². The number of aliphatic hydroxyl groups is 1. The maximum absolute atomic E-state index is 10.8. The molecule has 0 amide bonds. The van der Waals surface area contributed by atoms with Crippen molar-refractivity contribution < 1.29 is 19.3 Å². The molecule has 0 bridgehead atoms. The van der Waals surface area contributed by atoms with E-state index in [2.05, 4.69) is 10.2 Å². The number of piperidine rings is 1. The van der Waals surface area contributed by atoms with E-state index < -0.39 is 6.10 Å². The zero-order chi connectivity index (χ0) is 22.1. The van der Waals surface area contributed by atoms with Crippen molar-refractivity contribution in [2.45, 2.75) is 32.0 Å². The van der Waals surface area contributed by atoms with E-state index >= 15 is 0 Å². The lowest BCUT2D eigenvalue weighted by molar-refractivity contribution is 0.129. The van der Waals surface area contributed by atoms with E-state index in [0.717, 1.165) is 44.2 Å². The number of nitrogens with zero attached hydrogens (tertiary/aromatic N) is 2. The third-order valence-corrected chi connectivity index (χ3v) is 5.33. The number of likely N-dealkylation sites (tertiary alicyclic amines) is 1. The smallest absolute Gasteiger partial charge is 0.194 e. The van der Waals surface area contributed by atoms with Crippen LogP contribution in [-0.4, -0.2) is 62.5 Å². The maximum atomic E-state index is 10.8. The molecule has 0 aromatic heterocycles. The number of rotatable bonds is 8. The summed E-state index contributed by atoms with van der Waals surface area (Å²) in [7, 11) is 3.19. The Labute approximate surface area is 207 Å². The number of para-hydroxylation sites is 1. The number of hydrogen-bond donors (Lipinski definition) is 2. The van der Waals surface area contributed by atoms with Gasteiger partial charge in [0.1, 0.15) is 29.5 Å². The van der Waals surface area contributed by atoms with Crippen LogP contribution in [0, 0.1) is 0 Å². The summed E-state index contributed by atoms with van der Waals surface area (Å²) in [5, 5.41) is 14.1. The molecule has 8 heteroatoms. The molecule has 0 spiro atoms. The van der Waals surface area contributed by atoms with Crippen molar-refractivity contribution in [1.82, 2.24) is 10.2 Å². The van der Waals surface area contributed by atoms with Gasteiger partial charge in [0.25, 0.3) is 0 Å². The summed E-state index contributed by atoms with van der Waals surface area (Å²) in [6.07, 6.45) is 1.25. The Hall–Kier alpha value is -2.20. The molecule has 2 N–H and O–H groups in total. The standard InChI is InChI=1S/C24H33N3O4.HI/c1-4-25-24(26-17-22(28)21-16-20(29-2)10-11-23(21)30-3)27-14-12-19(13-15-27)31-18-8-6-5-7-9-18;/h5-11,16,19,22,28H,4,12-15,17H2,1-3H3,(H,25,26);1H. The third-order valence-electron chi connectivity index (χ3n) is 5.33. The average Bonchev–Trinajstić information content (AvgIpc) is 2.82. The Bertz CT molecular complexity index is 842. The van der Waals surface area contributed by atoms with Gasteiger partial charge in [-0.05, 0) is 37.3 Å². The first-order valence-corrected chi connectivity index (χ1v) is 10.8. The highest BCUT2D eigenvalue weighted by molar-refractivity contribution is 14.0. The van der Waals surface area contributed by atoms with Crippen LogP contribution < -0.4 is 19.5 Å². The molecular formula is C24H34IN3O4. The van der Waals surface area contributed by atoms with Gasteiger partial charge in [0.05, 0.1) is 20.8 Å². The number of aliphatic imine (C=N–C) groups is 1. The van der Waals surface area contributed by atoms with E-state index in [1.165, 1.54) is 0 Å². The van der Waals surface area contributed by atoms with Crippen LogP contribution in [0.1, 0.15) is 31.4 Å². The van der Waals surface area contributed by atoms with Crippen LogP contribution in [0.15, 0.2) is 53.5 Å². The molecule has 1 aliphatic rings. The summed E-state index contributed by atoms with van der Waals surface area (Å²) < 4.78 is 16.8. The molecule has 2 aromatic rings. The quantitative estimate of drug-likeness (QED) is 0.293. The summed E-state index contributed by atoms with van der Waals surface area (Å²) in [5.41, 5.74) is 0.663. The Kier molecular flexibility index (Phi) is 10.9. The van der Waals surface area contributed by atoms with E-state index in [1.807, 2.05) is 43.3 Å². The van der Waals surface area contributed by atoms with Crippen molar-refractivity contribution in [2.75, 3.05) is 40.4 Å². The average molecular weight is 555 g/mol. The van der Waals surface area contributed by atoms with Crippen LogP contribution in [0.4, 0.5) is 0 Å². The van der Waals surface area contributed by atoms with Gasteiger partial charge in [0, 0.05) is 38.0 Å². The molecule has 1 saturated heterocycles. The second-order valence-electron chi connectivity index (χ2n) is 7.44. The SMILES string of the molecule is CCNC(=NCC(O)c1cc(OC)ccc1OC)N1CCC(Oc2ccccc2)CC1.I. The molecule has 0 aliphatic carbocycles. The van der Waals surface area contributed by atoms with E-state index in [-0.39, 0.29) is 36.6 Å². The van der Waals surface area contributed by atoms with Crippen molar-refractivity contribution in [3.63, 3.8) is 0 Å². The third kappa shape index (κ3) is 7.16. The number of halogens is 1. The normalized spacial score (nSPS) is 15.5. The lowest BCUT2D eigenvalue weighted by Gasteiger charge is -2.34. The maximum Gasteiger partial charge on any atom is 0.194 e.